The quantitative estimate of drug-likeness (QED) is 0.737. The Kier molecular flexibility index (Phi) is 4.47. The van der Waals surface area contributed by atoms with Gasteiger partial charge in [0.15, 0.2) is 5.78 Å². The highest BCUT2D eigenvalue weighted by Crippen LogP contribution is 2.02. The molecule has 0 spiro atoms. The number of carbonyl (C=O) groups excluding carboxylic acids is 1. The molecular formula is C14H17NO2. The van der Waals surface area contributed by atoms with Crippen LogP contribution in [0.1, 0.15) is 5.56 Å². The molecule has 0 atom stereocenters. The summed E-state index contributed by atoms with van der Waals surface area (Å²) in [5.74, 6) is 0.149. The standard InChI is InChI=1S/C14H17NO2/c16-14(12-15-8-10-17-11-9-15)7-6-13-4-2-1-3-5-13/h1-7H,8-12H2. The van der Waals surface area contributed by atoms with Crippen molar-refractivity contribution in [1.82, 2.24) is 4.90 Å². The van der Waals surface area contributed by atoms with Gasteiger partial charge in [-0.05, 0) is 11.6 Å². The largest absolute Gasteiger partial charge is 0.379 e. The van der Waals surface area contributed by atoms with Gasteiger partial charge in [-0.2, -0.15) is 0 Å². The molecule has 17 heavy (non-hydrogen) atoms. The maximum Gasteiger partial charge on any atom is 0.169 e. The number of morpholine rings is 1. The average molecular weight is 231 g/mol. The molecule has 3 heteroatoms. The van der Waals surface area contributed by atoms with Gasteiger partial charge < -0.3 is 4.74 Å². The highest BCUT2D eigenvalue weighted by molar-refractivity contribution is 5.95. The Morgan fingerprint density at radius 3 is 2.65 bits per heavy atom. The van der Waals surface area contributed by atoms with Gasteiger partial charge in [0.2, 0.25) is 0 Å². The fourth-order valence-corrected chi connectivity index (χ4v) is 1.79. The molecule has 0 amide bonds. The SMILES string of the molecule is O=C(C=Cc1ccccc1)CN1CCOCC1. The first-order valence-corrected chi connectivity index (χ1v) is 5.91. The van der Waals surface area contributed by atoms with Crippen LogP contribution in [0.15, 0.2) is 36.4 Å². The van der Waals surface area contributed by atoms with E-state index < -0.39 is 0 Å². The van der Waals surface area contributed by atoms with Crippen molar-refractivity contribution in [3.05, 3.63) is 42.0 Å². The van der Waals surface area contributed by atoms with E-state index in [4.69, 9.17) is 4.74 Å². The van der Waals surface area contributed by atoms with Crippen molar-refractivity contribution in [2.24, 2.45) is 0 Å². The van der Waals surface area contributed by atoms with Crippen molar-refractivity contribution in [3.63, 3.8) is 0 Å². The van der Waals surface area contributed by atoms with E-state index in [2.05, 4.69) is 4.90 Å². The Bertz CT molecular complexity index is 380. The first-order valence-electron chi connectivity index (χ1n) is 5.91. The van der Waals surface area contributed by atoms with Crippen LogP contribution in [0.25, 0.3) is 6.08 Å². The lowest BCUT2D eigenvalue weighted by Gasteiger charge is -2.25. The fraction of sp³-hybridized carbons (Fsp3) is 0.357. The van der Waals surface area contributed by atoms with Crippen LogP contribution in [-0.2, 0) is 9.53 Å². The van der Waals surface area contributed by atoms with Gasteiger partial charge in [0, 0.05) is 13.1 Å². The van der Waals surface area contributed by atoms with Crippen LogP contribution in [0, 0.1) is 0 Å². The molecule has 1 aliphatic heterocycles. The minimum Gasteiger partial charge on any atom is -0.379 e. The number of benzene rings is 1. The number of ketones is 1. The molecule has 1 aliphatic rings. The molecule has 0 aliphatic carbocycles. The molecule has 1 saturated heterocycles. The molecule has 1 fully saturated rings. The summed E-state index contributed by atoms with van der Waals surface area (Å²) in [5.41, 5.74) is 1.06. The summed E-state index contributed by atoms with van der Waals surface area (Å²) >= 11 is 0. The Hall–Kier alpha value is -1.45. The Labute approximate surface area is 102 Å². The second kappa shape index (κ2) is 6.33. The van der Waals surface area contributed by atoms with Crippen LogP contribution < -0.4 is 0 Å². The molecule has 0 bridgehead atoms. The van der Waals surface area contributed by atoms with Gasteiger partial charge >= 0.3 is 0 Å². The van der Waals surface area contributed by atoms with Gasteiger partial charge in [-0.1, -0.05) is 36.4 Å². The number of hydrogen-bond acceptors (Lipinski definition) is 3. The smallest absolute Gasteiger partial charge is 0.169 e. The van der Waals surface area contributed by atoms with E-state index in [1.54, 1.807) is 6.08 Å². The van der Waals surface area contributed by atoms with Gasteiger partial charge in [0.1, 0.15) is 0 Å². The number of ether oxygens (including phenoxy) is 1. The number of rotatable bonds is 4. The lowest BCUT2D eigenvalue weighted by atomic mass is 10.2. The second-order valence-electron chi connectivity index (χ2n) is 4.10. The van der Waals surface area contributed by atoms with Crippen LogP contribution >= 0.6 is 0 Å². The number of carbonyl (C=O) groups is 1. The van der Waals surface area contributed by atoms with E-state index in [0.717, 1.165) is 31.9 Å². The molecule has 0 aromatic heterocycles. The summed E-state index contributed by atoms with van der Waals surface area (Å²) in [6, 6.07) is 9.86. The van der Waals surface area contributed by atoms with E-state index >= 15 is 0 Å². The summed E-state index contributed by atoms with van der Waals surface area (Å²) in [7, 11) is 0. The van der Waals surface area contributed by atoms with Crippen molar-refractivity contribution in [1.29, 1.82) is 0 Å². The van der Waals surface area contributed by atoms with Gasteiger partial charge in [0.05, 0.1) is 19.8 Å². The third kappa shape index (κ3) is 4.13. The van der Waals surface area contributed by atoms with Gasteiger partial charge in [-0.15, -0.1) is 0 Å². The minimum absolute atomic E-state index is 0.149. The lowest BCUT2D eigenvalue weighted by molar-refractivity contribution is -0.116. The molecule has 0 unspecified atom stereocenters. The van der Waals surface area contributed by atoms with Crippen molar-refractivity contribution in [2.75, 3.05) is 32.8 Å². The van der Waals surface area contributed by atoms with Crippen LogP contribution in [0.2, 0.25) is 0 Å². The second-order valence-corrected chi connectivity index (χ2v) is 4.10. The maximum absolute atomic E-state index is 11.7. The van der Waals surface area contributed by atoms with E-state index in [1.807, 2.05) is 36.4 Å². The maximum atomic E-state index is 11.7. The zero-order valence-corrected chi connectivity index (χ0v) is 9.84. The third-order valence-electron chi connectivity index (χ3n) is 2.74. The first kappa shape index (κ1) is 12.0. The van der Waals surface area contributed by atoms with Gasteiger partial charge in [0.25, 0.3) is 0 Å². The predicted octanol–water partition coefficient (Wildman–Crippen LogP) is 1.60. The number of hydrogen-bond donors (Lipinski definition) is 0. The lowest BCUT2D eigenvalue weighted by Crippen LogP contribution is -2.39. The van der Waals surface area contributed by atoms with E-state index in [0.29, 0.717) is 6.54 Å². The molecule has 1 aromatic carbocycles. The molecule has 0 radical (unpaired) electrons. The Morgan fingerprint density at radius 2 is 1.94 bits per heavy atom. The first-order chi connectivity index (χ1) is 8.34. The molecule has 2 rings (SSSR count). The van der Waals surface area contributed by atoms with Crippen LogP contribution in [0.4, 0.5) is 0 Å². The summed E-state index contributed by atoms with van der Waals surface area (Å²) in [4.78, 5) is 13.8. The normalized spacial score (nSPS) is 17.4. The minimum atomic E-state index is 0.149. The van der Waals surface area contributed by atoms with E-state index in [1.165, 1.54) is 0 Å². The van der Waals surface area contributed by atoms with Gasteiger partial charge in [-0.25, -0.2) is 0 Å². The Morgan fingerprint density at radius 1 is 1.24 bits per heavy atom. The molecule has 90 valence electrons. The highest BCUT2D eigenvalue weighted by atomic mass is 16.5. The number of nitrogens with zero attached hydrogens (tertiary/aromatic N) is 1. The van der Waals surface area contributed by atoms with E-state index in [9.17, 15) is 4.79 Å². The van der Waals surface area contributed by atoms with Crippen molar-refractivity contribution in [2.45, 2.75) is 0 Å². The third-order valence-corrected chi connectivity index (χ3v) is 2.74. The van der Waals surface area contributed by atoms with Crippen LogP contribution in [0.5, 0.6) is 0 Å². The average Bonchev–Trinajstić information content (AvgIpc) is 2.39. The molecule has 3 nitrogen and oxygen atoms in total. The zero-order chi connectivity index (χ0) is 11.9. The zero-order valence-electron chi connectivity index (χ0n) is 9.84. The molecule has 0 saturated carbocycles. The van der Waals surface area contributed by atoms with Crippen LogP contribution in [0.3, 0.4) is 0 Å². The monoisotopic (exact) mass is 231 g/mol. The van der Waals surface area contributed by atoms with Crippen LogP contribution in [-0.4, -0.2) is 43.5 Å². The summed E-state index contributed by atoms with van der Waals surface area (Å²) in [6.07, 6.45) is 3.52. The van der Waals surface area contributed by atoms with E-state index in [-0.39, 0.29) is 5.78 Å². The van der Waals surface area contributed by atoms with Crippen molar-refractivity contribution in [3.8, 4) is 0 Å². The molecular weight excluding hydrogens is 214 g/mol. The highest BCUT2D eigenvalue weighted by Gasteiger charge is 2.12. The summed E-state index contributed by atoms with van der Waals surface area (Å²) in [6.45, 7) is 3.66. The molecule has 1 aromatic rings. The van der Waals surface area contributed by atoms with Crippen molar-refractivity contribution < 1.29 is 9.53 Å². The topological polar surface area (TPSA) is 29.5 Å². The molecule has 0 N–H and O–H groups in total. The van der Waals surface area contributed by atoms with Gasteiger partial charge in [-0.3, -0.25) is 9.69 Å². The predicted molar refractivity (Wildman–Crippen MR) is 67.7 cm³/mol. The fourth-order valence-electron chi connectivity index (χ4n) is 1.79. The Balaban J connectivity index is 1.82. The van der Waals surface area contributed by atoms with Crippen molar-refractivity contribution >= 4 is 11.9 Å². The summed E-state index contributed by atoms with van der Waals surface area (Å²) < 4.78 is 5.24. The summed E-state index contributed by atoms with van der Waals surface area (Å²) in [5, 5.41) is 0. The molecule has 1 heterocycles.